The number of hydrogen-bond acceptors (Lipinski definition) is 4. The van der Waals surface area contributed by atoms with E-state index in [-0.39, 0.29) is 18.0 Å². The number of thioether (sulfide) groups is 1. The number of amidine groups is 1. The van der Waals surface area contributed by atoms with E-state index in [1.165, 1.54) is 12.1 Å². The average molecular weight is 487 g/mol. The summed E-state index contributed by atoms with van der Waals surface area (Å²) in [6.45, 7) is 0.225. The van der Waals surface area contributed by atoms with Crippen LogP contribution in [0.25, 0.3) is 16.8 Å². The maximum Gasteiger partial charge on any atom is 0.267 e. The van der Waals surface area contributed by atoms with Crippen molar-refractivity contribution >= 4 is 45.4 Å². The first kappa shape index (κ1) is 22.8. The predicted octanol–water partition coefficient (Wildman–Crippen LogP) is 6.93. The summed E-state index contributed by atoms with van der Waals surface area (Å²) in [4.78, 5) is 20.2. The number of nitrogens with zero attached hydrogens (tertiary/aromatic N) is 2. The van der Waals surface area contributed by atoms with Crippen LogP contribution in [-0.4, -0.2) is 23.1 Å². The number of carbonyl (C=O) groups excluding carboxylic acids is 1. The Hall–Kier alpha value is -3.97. The van der Waals surface area contributed by atoms with E-state index in [0.29, 0.717) is 15.8 Å². The molecular formula is C28H20F2N2O2S. The van der Waals surface area contributed by atoms with Crippen LogP contribution in [0.1, 0.15) is 11.1 Å². The van der Waals surface area contributed by atoms with Gasteiger partial charge in [0.2, 0.25) is 0 Å². The molecule has 0 spiro atoms. The molecular weight excluding hydrogens is 466 g/mol. The third-order valence-corrected chi connectivity index (χ3v) is 6.65. The van der Waals surface area contributed by atoms with Crippen molar-refractivity contribution in [2.45, 2.75) is 6.54 Å². The highest BCUT2D eigenvalue weighted by Gasteiger charge is 2.34. The Balaban J connectivity index is 1.60. The van der Waals surface area contributed by atoms with Crippen molar-refractivity contribution in [3.05, 3.63) is 113 Å². The zero-order valence-corrected chi connectivity index (χ0v) is 19.6. The molecule has 0 atom stereocenters. The minimum absolute atomic E-state index is 0.130. The van der Waals surface area contributed by atoms with Crippen LogP contribution in [-0.2, 0) is 11.3 Å². The van der Waals surface area contributed by atoms with Gasteiger partial charge in [-0.25, -0.2) is 13.8 Å². The number of carbonyl (C=O) groups is 1. The Morgan fingerprint density at radius 2 is 1.74 bits per heavy atom. The number of ether oxygens (including phenoxy) is 1. The maximum atomic E-state index is 14.3. The van der Waals surface area contributed by atoms with Gasteiger partial charge in [0.05, 0.1) is 24.2 Å². The predicted molar refractivity (Wildman–Crippen MR) is 137 cm³/mol. The van der Waals surface area contributed by atoms with Crippen molar-refractivity contribution in [1.29, 1.82) is 0 Å². The molecule has 4 aromatic rings. The number of benzene rings is 4. The van der Waals surface area contributed by atoms with Gasteiger partial charge in [0.1, 0.15) is 17.4 Å². The Labute approximate surface area is 205 Å². The van der Waals surface area contributed by atoms with Crippen molar-refractivity contribution in [2.24, 2.45) is 4.99 Å². The summed E-state index contributed by atoms with van der Waals surface area (Å²) in [5.41, 5.74) is 1.66. The summed E-state index contributed by atoms with van der Waals surface area (Å²) in [6.07, 6.45) is 1.43. The van der Waals surface area contributed by atoms with Gasteiger partial charge in [-0.05, 0) is 47.5 Å². The molecule has 7 heteroatoms. The van der Waals surface area contributed by atoms with E-state index in [1.54, 1.807) is 12.0 Å². The van der Waals surface area contributed by atoms with Crippen molar-refractivity contribution in [2.75, 3.05) is 7.11 Å². The number of amides is 1. The monoisotopic (exact) mass is 486 g/mol. The Morgan fingerprint density at radius 3 is 2.57 bits per heavy atom. The number of aliphatic imine (C=N–C) groups is 1. The summed E-state index contributed by atoms with van der Waals surface area (Å²) < 4.78 is 33.2. The molecule has 35 heavy (non-hydrogen) atoms. The van der Waals surface area contributed by atoms with Crippen molar-refractivity contribution in [3.63, 3.8) is 0 Å². The number of hydrogen-bond donors (Lipinski definition) is 0. The molecule has 5 rings (SSSR count). The molecule has 1 fully saturated rings. The van der Waals surface area contributed by atoms with Crippen LogP contribution in [0.5, 0.6) is 5.75 Å². The maximum absolute atomic E-state index is 14.3. The molecule has 174 valence electrons. The van der Waals surface area contributed by atoms with Gasteiger partial charge in [0, 0.05) is 22.6 Å². The quantitative estimate of drug-likeness (QED) is 0.287. The topological polar surface area (TPSA) is 41.9 Å². The average Bonchev–Trinajstić information content (AvgIpc) is 3.15. The van der Waals surface area contributed by atoms with Gasteiger partial charge in [-0.15, -0.1) is 0 Å². The molecule has 0 saturated carbocycles. The van der Waals surface area contributed by atoms with E-state index in [1.807, 2.05) is 66.7 Å². The molecule has 0 radical (unpaired) electrons. The first-order chi connectivity index (χ1) is 17.0. The third-order valence-electron chi connectivity index (χ3n) is 5.64. The molecule has 0 aliphatic carbocycles. The number of para-hydroxylation sites is 1. The molecule has 1 amide bonds. The molecule has 1 aliphatic heterocycles. The van der Waals surface area contributed by atoms with Crippen molar-refractivity contribution in [1.82, 2.24) is 4.90 Å². The van der Waals surface area contributed by atoms with E-state index in [4.69, 9.17) is 9.73 Å². The molecule has 0 bridgehead atoms. The fraction of sp³-hybridized carbons (Fsp3) is 0.0714. The minimum Gasteiger partial charge on any atom is -0.496 e. The van der Waals surface area contributed by atoms with Gasteiger partial charge in [0.25, 0.3) is 5.91 Å². The highest BCUT2D eigenvalue weighted by molar-refractivity contribution is 8.18. The van der Waals surface area contributed by atoms with Gasteiger partial charge in [-0.1, -0.05) is 54.6 Å². The number of methoxy groups -OCH3 is 1. The van der Waals surface area contributed by atoms with Gasteiger partial charge in [-0.3, -0.25) is 9.69 Å². The van der Waals surface area contributed by atoms with E-state index in [0.717, 1.165) is 45.9 Å². The lowest BCUT2D eigenvalue weighted by atomic mass is 10.1. The Bertz CT molecular complexity index is 1490. The lowest BCUT2D eigenvalue weighted by Gasteiger charge is -2.17. The molecule has 0 aromatic heterocycles. The van der Waals surface area contributed by atoms with Crippen LogP contribution >= 0.6 is 11.8 Å². The van der Waals surface area contributed by atoms with E-state index in [9.17, 15) is 13.6 Å². The second kappa shape index (κ2) is 9.72. The van der Waals surface area contributed by atoms with Crippen LogP contribution in [0, 0.1) is 11.6 Å². The lowest BCUT2D eigenvalue weighted by Crippen LogP contribution is -2.28. The van der Waals surface area contributed by atoms with Crippen LogP contribution < -0.4 is 4.74 Å². The van der Waals surface area contributed by atoms with Crippen LogP contribution in [0.3, 0.4) is 0 Å². The second-order valence-corrected chi connectivity index (χ2v) is 8.88. The normalized spacial score (nSPS) is 16.0. The standard InChI is InChI=1S/C28H20F2N2O2S/c1-34-25-12-5-3-8-20(25)17-32-27(33)26(15-19-13-14-21(29)16-23(19)30)35-28(32)31-24-11-6-9-18-7-2-4-10-22(18)24/h2-16H,17H2,1H3/b26-15+,31-28?. The minimum atomic E-state index is -0.735. The molecule has 4 aromatic carbocycles. The van der Waals surface area contributed by atoms with Crippen LogP contribution in [0.2, 0.25) is 0 Å². The zero-order chi connectivity index (χ0) is 24.4. The number of rotatable bonds is 5. The molecule has 1 saturated heterocycles. The Morgan fingerprint density at radius 1 is 0.971 bits per heavy atom. The molecule has 1 heterocycles. The molecule has 1 aliphatic rings. The zero-order valence-electron chi connectivity index (χ0n) is 18.7. The summed E-state index contributed by atoms with van der Waals surface area (Å²) >= 11 is 1.16. The Kier molecular flexibility index (Phi) is 6.33. The van der Waals surface area contributed by atoms with Crippen molar-refractivity contribution in [3.8, 4) is 5.75 Å². The molecule has 0 unspecified atom stereocenters. The van der Waals surface area contributed by atoms with Gasteiger partial charge in [-0.2, -0.15) is 0 Å². The van der Waals surface area contributed by atoms with Crippen LogP contribution in [0.15, 0.2) is 94.8 Å². The molecule has 0 N–H and O–H groups in total. The van der Waals surface area contributed by atoms with E-state index in [2.05, 4.69) is 0 Å². The van der Waals surface area contributed by atoms with Crippen LogP contribution in [0.4, 0.5) is 14.5 Å². The smallest absolute Gasteiger partial charge is 0.267 e. The highest BCUT2D eigenvalue weighted by Crippen LogP contribution is 2.37. The fourth-order valence-corrected chi connectivity index (χ4v) is 4.89. The lowest BCUT2D eigenvalue weighted by molar-refractivity contribution is -0.122. The molecule has 4 nitrogen and oxygen atoms in total. The van der Waals surface area contributed by atoms with Gasteiger partial charge in [0.15, 0.2) is 5.17 Å². The summed E-state index contributed by atoms with van der Waals surface area (Å²) in [5, 5.41) is 2.45. The summed E-state index contributed by atoms with van der Waals surface area (Å²) in [6, 6.07) is 24.4. The van der Waals surface area contributed by atoms with E-state index >= 15 is 0 Å². The number of halogens is 2. The third kappa shape index (κ3) is 4.68. The fourth-order valence-electron chi connectivity index (χ4n) is 3.90. The SMILES string of the molecule is COc1ccccc1CN1C(=O)/C(=C\c2ccc(F)cc2F)SC1=Nc1cccc2ccccc12. The highest BCUT2D eigenvalue weighted by atomic mass is 32.2. The first-order valence-electron chi connectivity index (χ1n) is 10.9. The van der Waals surface area contributed by atoms with Gasteiger partial charge >= 0.3 is 0 Å². The first-order valence-corrected chi connectivity index (χ1v) is 11.7. The summed E-state index contributed by atoms with van der Waals surface area (Å²) in [5.74, 6) is -1.08. The van der Waals surface area contributed by atoms with E-state index < -0.39 is 11.6 Å². The summed E-state index contributed by atoms with van der Waals surface area (Å²) in [7, 11) is 1.58. The van der Waals surface area contributed by atoms with Crippen molar-refractivity contribution < 1.29 is 18.3 Å². The van der Waals surface area contributed by atoms with Gasteiger partial charge < -0.3 is 4.74 Å². The largest absolute Gasteiger partial charge is 0.496 e. The number of fused-ring (bicyclic) bond motifs is 1. The second-order valence-electron chi connectivity index (χ2n) is 7.87.